The van der Waals surface area contributed by atoms with E-state index in [0.717, 1.165) is 4.90 Å². The molecule has 0 aliphatic carbocycles. The van der Waals surface area contributed by atoms with Crippen LogP contribution in [-0.4, -0.2) is 53.9 Å². The number of carbonyl (C=O) groups is 2. The molecule has 1 aliphatic rings. The van der Waals surface area contributed by atoms with Gasteiger partial charge in [-0.25, -0.2) is 14.5 Å². The van der Waals surface area contributed by atoms with Gasteiger partial charge in [0.15, 0.2) is 0 Å². The van der Waals surface area contributed by atoms with Crippen molar-refractivity contribution in [2.24, 2.45) is 0 Å². The lowest BCUT2D eigenvalue weighted by molar-refractivity contribution is -0.0801. The summed E-state index contributed by atoms with van der Waals surface area (Å²) in [5, 5.41) is 9.76. The van der Waals surface area contributed by atoms with E-state index in [-0.39, 0.29) is 4.55 Å². The van der Waals surface area contributed by atoms with Gasteiger partial charge in [0.1, 0.15) is 0 Å². The topological polar surface area (TPSA) is 64.1 Å². The largest absolute Gasteiger partial charge is 0.356 e. The van der Waals surface area contributed by atoms with Gasteiger partial charge in [0.05, 0.1) is 9.10 Å². The van der Waals surface area contributed by atoms with Gasteiger partial charge in [0.25, 0.3) is 0 Å². The average Bonchev–Trinajstić information content (AvgIpc) is 2.19. The maximum absolute atomic E-state index is 11.7. The van der Waals surface area contributed by atoms with Gasteiger partial charge in [0, 0.05) is 6.54 Å². The van der Waals surface area contributed by atoms with Crippen LogP contribution in [0.3, 0.4) is 0 Å². The minimum atomic E-state index is -1.15. The van der Waals surface area contributed by atoms with E-state index in [1.165, 1.54) is 9.80 Å². The van der Waals surface area contributed by atoms with Crippen LogP contribution in [0.1, 0.15) is 6.92 Å². The van der Waals surface area contributed by atoms with Crippen molar-refractivity contribution >= 4 is 57.2 Å². The third-order valence-corrected chi connectivity index (χ3v) is 3.52. The van der Waals surface area contributed by atoms with Crippen LogP contribution in [0.5, 0.6) is 0 Å². The number of rotatable bonds is 3. The number of hydrogen-bond acceptors (Lipinski definition) is 3. The average molecular weight is 439 g/mol. The van der Waals surface area contributed by atoms with Crippen molar-refractivity contribution in [1.82, 2.24) is 14.7 Å². The molecule has 1 heterocycles. The number of carbonyl (C=O) groups excluding carboxylic acids is 2. The van der Waals surface area contributed by atoms with E-state index in [9.17, 15) is 14.7 Å². The Hall–Kier alpha value is 0.160. The highest BCUT2D eigenvalue weighted by atomic mass is 127. The summed E-state index contributed by atoms with van der Waals surface area (Å²) in [5.74, 6) is 0. The zero-order chi connectivity index (χ0) is 11.6. The Kier molecular flexibility index (Phi) is 4.83. The standard InChI is InChI=1S/C7H11I2N3O3/c1-2-10-5(13)11(3-8)7(15)12(4-9)6(10)14/h5,13H,2-4H2,1H3. The Morgan fingerprint density at radius 1 is 1.20 bits per heavy atom. The molecule has 0 aromatic rings. The Bertz CT molecular complexity index is 252. The third-order valence-electron chi connectivity index (χ3n) is 2.10. The summed E-state index contributed by atoms with van der Waals surface area (Å²) < 4.78 is 0.625. The molecule has 15 heavy (non-hydrogen) atoms. The molecule has 8 heteroatoms. The molecule has 1 aliphatic heterocycles. The molecule has 1 fully saturated rings. The van der Waals surface area contributed by atoms with Crippen LogP contribution in [0.25, 0.3) is 0 Å². The summed E-state index contributed by atoms with van der Waals surface area (Å²) in [4.78, 5) is 27.0. The minimum Gasteiger partial charge on any atom is -0.356 e. The molecular weight excluding hydrogens is 428 g/mol. The zero-order valence-corrected chi connectivity index (χ0v) is 12.4. The Morgan fingerprint density at radius 3 is 2.13 bits per heavy atom. The van der Waals surface area contributed by atoms with Gasteiger partial charge in [-0.15, -0.1) is 0 Å². The van der Waals surface area contributed by atoms with Gasteiger partial charge in [-0.05, 0) is 6.92 Å². The summed E-state index contributed by atoms with van der Waals surface area (Å²) in [6.07, 6.45) is -1.15. The summed E-state index contributed by atoms with van der Waals surface area (Å²) >= 11 is 3.92. The van der Waals surface area contributed by atoms with Crippen LogP contribution in [0.15, 0.2) is 0 Å². The van der Waals surface area contributed by atoms with E-state index in [2.05, 4.69) is 0 Å². The van der Waals surface area contributed by atoms with Crippen molar-refractivity contribution in [2.75, 3.05) is 15.6 Å². The van der Waals surface area contributed by atoms with Gasteiger partial charge in [0.2, 0.25) is 6.35 Å². The number of amides is 4. The normalized spacial score (nSPS) is 22.7. The fourth-order valence-corrected chi connectivity index (χ4v) is 2.50. The number of nitrogens with zero attached hydrogens (tertiary/aromatic N) is 3. The summed E-state index contributed by atoms with van der Waals surface area (Å²) in [7, 11) is 0. The van der Waals surface area contributed by atoms with Crippen LogP contribution in [0.4, 0.5) is 9.59 Å². The van der Waals surface area contributed by atoms with Crippen molar-refractivity contribution in [3.63, 3.8) is 0 Å². The number of urea groups is 2. The quantitative estimate of drug-likeness (QED) is 0.409. The lowest BCUT2D eigenvalue weighted by Gasteiger charge is -2.42. The van der Waals surface area contributed by atoms with Gasteiger partial charge in [-0.2, -0.15) is 0 Å². The summed E-state index contributed by atoms with van der Waals surface area (Å²) in [5.41, 5.74) is 0. The maximum Gasteiger partial charge on any atom is 0.333 e. The van der Waals surface area contributed by atoms with Gasteiger partial charge >= 0.3 is 12.1 Å². The molecule has 6 nitrogen and oxygen atoms in total. The molecule has 1 N–H and O–H groups in total. The number of halogens is 2. The molecule has 0 spiro atoms. The highest BCUT2D eigenvalue weighted by Gasteiger charge is 2.41. The van der Waals surface area contributed by atoms with Gasteiger partial charge in [-0.3, -0.25) is 9.80 Å². The molecule has 0 bridgehead atoms. The molecule has 1 unspecified atom stereocenters. The van der Waals surface area contributed by atoms with Crippen molar-refractivity contribution in [3.05, 3.63) is 0 Å². The predicted molar refractivity (Wildman–Crippen MR) is 70.6 cm³/mol. The SMILES string of the molecule is CCN1C(=O)N(CI)C(=O)N(CI)C1O. The fraction of sp³-hybridized carbons (Fsp3) is 0.714. The van der Waals surface area contributed by atoms with E-state index in [1.807, 2.05) is 45.2 Å². The minimum absolute atomic E-state index is 0.284. The first-order chi connectivity index (χ1) is 7.08. The lowest BCUT2D eigenvalue weighted by Crippen LogP contribution is -2.65. The highest BCUT2D eigenvalue weighted by Crippen LogP contribution is 2.19. The number of alkyl halides is 2. The third kappa shape index (κ3) is 2.30. The first-order valence-electron chi connectivity index (χ1n) is 4.27. The van der Waals surface area contributed by atoms with E-state index in [0.29, 0.717) is 11.1 Å². The second-order valence-electron chi connectivity index (χ2n) is 2.83. The number of imide groups is 1. The summed E-state index contributed by atoms with van der Waals surface area (Å²) in [6.45, 7) is 2.13. The van der Waals surface area contributed by atoms with E-state index >= 15 is 0 Å². The smallest absolute Gasteiger partial charge is 0.333 e. The molecular formula is C7H11I2N3O3. The Balaban J connectivity index is 2.98. The first kappa shape index (κ1) is 13.2. The summed E-state index contributed by atoms with van der Waals surface area (Å²) in [6, 6.07) is -0.883. The van der Waals surface area contributed by atoms with Crippen molar-refractivity contribution in [2.45, 2.75) is 13.3 Å². The van der Waals surface area contributed by atoms with Crippen LogP contribution in [0, 0.1) is 0 Å². The number of aliphatic hydroxyl groups is 1. The van der Waals surface area contributed by atoms with Gasteiger partial charge < -0.3 is 5.11 Å². The van der Waals surface area contributed by atoms with E-state index in [1.54, 1.807) is 6.92 Å². The molecule has 0 aromatic heterocycles. The molecule has 1 rings (SSSR count). The van der Waals surface area contributed by atoms with Crippen LogP contribution in [0.2, 0.25) is 0 Å². The van der Waals surface area contributed by atoms with Crippen LogP contribution in [-0.2, 0) is 0 Å². The maximum atomic E-state index is 11.7. The molecule has 0 saturated carbocycles. The van der Waals surface area contributed by atoms with Crippen molar-refractivity contribution in [1.29, 1.82) is 0 Å². The molecule has 86 valence electrons. The first-order valence-corrected chi connectivity index (χ1v) is 7.32. The van der Waals surface area contributed by atoms with Gasteiger partial charge in [-0.1, -0.05) is 45.2 Å². The van der Waals surface area contributed by atoms with Crippen LogP contribution >= 0.6 is 45.2 Å². The van der Waals surface area contributed by atoms with Crippen molar-refractivity contribution < 1.29 is 14.7 Å². The lowest BCUT2D eigenvalue weighted by atomic mass is 10.4. The fourth-order valence-electron chi connectivity index (χ4n) is 1.27. The second kappa shape index (κ2) is 5.48. The monoisotopic (exact) mass is 439 g/mol. The Morgan fingerprint density at radius 2 is 1.73 bits per heavy atom. The number of hydrogen-bond donors (Lipinski definition) is 1. The molecule has 1 atom stereocenters. The second-order valence-corrected chi connectivity index (χ2v) is 4.20. The molecule has 1 saturated heterocycles. The van der Waals surface area contributed by atoms with Crippen LogP contribution < -0.4 is 0 Å². The number of aliphatic hydroxyl groups excluding tert-OH is 1. The molecule has 0 radical (unpaired) electrons. The molecule has 0 aromatic carbocycles. The van der Waals surface area contributed by atoms with E-state index < -0.39 is 18.4 Å². The Labute approximate surface area is 115 Å². The van der Waals surface area contributed by atoms with Crippen molar-refractivity contribution in [3.8, 4) is 0 Å². The predicted octanol–water partition coefficient (Wildman–Crippen LogP) is 1.23. The van der Waals surface area contributed by atoms with E-state index in [4.69, 9.17) is 0 Å². The molecule has 4 amide bonds. The highest BCUT2D eigenvalue weighted by molar-refractivity contribution is 14.1. The zero-order valence-electron chi connectivity index (χ0n) is 8.06.